The van der Waals surface area contributed by atoms with E-state index in [0.717, 1.165) is 40.9 Å². The van der Waals surface area contributed by atoms with Crippen molar-refractivity contribution in [1.29, 1.82) is 0 Å². The fourth-order valence-electron chi connectivity index (χ4n) is 4.36. The van der Waals surface area contributed by atoms with Crippen LogP contribution in [0.4, 0.5) is 5.82 Å². The molecule has 0 saturated heterocycles. The molecule has 1 aliphatic rings. The topological polar surface area (TPSA) is 63.2 Å². The van der Waals surface area contributed by atoms with E-state index in [4.69, 9.17) is 9.72 Å². The van der Waals surface area contributed by atoms with Crippen molar-refractivity contribution >= 4 is 22.6 Å². The number of anilines is 1. The van der Waals surface area contributed by atoms with Gasteiger partial charge in [-0.15, -0.1) is 0 Å². The molecule has 5 heteroatoms. The zero-order valence-electron chi connectivity index (χ0n) is 18.0. The first-order valence-electron chi connectivity index (χ1n) is 10.9. The van der Waals surface area contributed by atoms with Gasteiger partial charge in [-0.2, -0.15) is 0 Å². The highest BCUT2D eigenvalue weighted by Crippen LogP contribution is 2.33. The molecule has 5 nitrogen and oxygen atoms in total. The Balaban J connectivity index is 1.29. The predicted octanol–water partition coefficient (Wildman–Crippen LogP) is 5.27. The highest BCUT2D eigenvalue weighted by atomic mass is 16.5. The molecule has 0 unspecified atom stereocenters. The van der Waals surface area contributed by atoms with Gasteiger partial charge in [0.05, 0.1) is 18.7 Å². The molecule has 0 bridgehead atoms. The van der Waals surface area contributed by atoms with Crippen molar-refractivity contribution in [3.8, 4) is 5.75 Å². The van der Waals surface area contributed by atoms with Gasteiger partial charge in [-0.3, -0.25) is 4.79 Å². The number of pyridine rings is 1. The number of hydrogen-bond donors (Lipinski definition) is 2. The number of rotatable bonds is 6. The Hall–Kier alpha value is -3.86. The van der Waals surface area contributed by atoms with Crippen LogP contribution in [0.1, 0.15) is 39.5 Å². The molecule has 3 aromatic carbocycles. The zero-order valence-corrected chi connectivity index (χ0v) is 18.0. The fraction of sp³-hybridized carbons (Fsp3) is 0.185. The van der Waals surface area contributed by atoms with Crippen molar-refractivity contribution < 1.29 is 9.53 Å². The van der Waals surface area contributed by atoms with E-state index in [-0.39, 0.29) is 11.9 Å². The van der Waals surface area contributed by atoms with E-state index in [1.54, 1.807) is 7.11 Å². The minimum absolute atomic E-state index is 0.123. The lowest BCUT2D eigenvalue weighted by molar-refractivity contribution is 0.0951. The highest BCUT2D eigenvalue weighted by Gasteiger charge is 2.22. The van der Waals surface area contributed by atoms with Gasteiger partial charge in [0.2, 0.25) is 0 Å². The summed E-state index contributed by atoms with van der Waals surface area (Å²) in [4.78, 5) is 17.5. The number of aryl methyl sites for hydroxylation is 1. The van der Waals surface area contributed by atoms with Crippen LogP contribution in [-0.2, 0) is 13.0 Å². The third-order valence-corrected chi connectivity index (χ3v) is 6.04. The van der Waals surface area contributed by atoms with Crippen LogP contribution in [-0.4, -0.2) is 18.0 Å². The summed E-state index contributed by atoms with van der Waals surface area (Å²) in [6.07, 6.45) is 2.17. The Morgan fingerprint density at radius 3 is 2.78 bits per heavy atom. The number of amides is 1. The van der Waals surface area contributed by atoms with Crippen LogP contribution in [0.5, 0.6) is 5.75 Å². The molecule has 1 amide bonds. The predicted molar refractivity (Wildman–Crippen MR) is 127 cm³/mol. The van der Waals surface area contributed by atoms with E-state index >= 15 is 0 Å². The average Bonchev–Trinajstić information content (AvgIpc) is 3.25. The molecule has 1 heterocycles. The molecule has 32 heavy (non-hydrogen) atoms. The van der Waals surface area contributed by atoms with E-state index in [1.165, 1.54) is 11.1 Å². The van der Waals surface area contributed by atoms with E-state index in [0.29, 0.717) is 12.1 Å². The molecular formula is C27H25N3O2. The van der Waals surface area contributed by atoms with Crippen LogP contribution >= 0.6 is 0 Å². The van der Waals surface area contributed by atoms with Crippen LogP contribution in [0.25, 0.3) is 10.9 Å². The molecule has 4 aromatic rings. The normalized spacial score (nSPS) is 14.7. The molecule has 160 valence electrons. The first-order chi connectivity index (χ1) is 15.7. The van der Waals surface area contributed by atoms with Gasteiger partial charge in [-0.05, 0) is 60.4 Å². The minimum atomic E-state index is -0.123. The largest absolute Gasteiger partial charge is 0.496 e. The molecule has 0 aliphatic heterocycles. The van der Waals surface area contributed by atoms with Crippen molar-refractivity contribution in [2.45, 2.75) is 25.4 Å². The molecule has 5 rings (SSSR count). The SMILES string of the molecule is COc1ccccc1CNC(=O)c1ccc2nc(N[C@@H]3CCc4ccccc43)ccc2c1. The average molecular weight is 424 g/mol. The summed E-state index contributed by atoms with van der Waals surface area (Å²) >= 11 is 0. The maximum atomic E-state index is 12.7. The van der Waals surface area contributed by atoms with E-state index < -0.39 is 0 Å². The monoisotopic (exact) mass is 423 g/mol. The number of aromatic nitrogens is 1. The summed E-state index contributed by atoms with van der Waals surface area (Å²) in [6.45, 7) is 0.408. The highest BCUT2D eigenvalue weighted by molar-refractivity contribution is 5.98. The zero-order chi connectivity index (χ0) is 21.9. The Kier molecular flexibility index (Phi) is 5.46. The van der Waals surface area contributed by atoms with Gasteiger partial charge in [0.15, 0.2) is 0 Å². The molecule has 0 fully saturated rings. The molecule has 1 aromatic heterocycles. The van der Waals surface area contributed by atoms with Crippen molar-refractivity contribution in [3.63, 3.8) is 0 Å². The number of nitrogens with zero attached hydrogens (tertiary/aromatic N) is 1. The molecule has 0 radical (unpaired) electrons. The number of ether oxygens (including phenoxy) is 1. The van der Waals surface area contributed by atoms with E-state index in [2.05, 4.69) is 34.9 Å². The molecule has 0 saturated carbocycles. The number of hydrogen-bond acceptors (Lipinski definition) is 4. The Morgan fingerprint density at radius 2 is 1.88 bits per heavy atom. The molecule has 0 spiro atoms. The molecule has 2 N–H and O–H groups in total. The summed E-state index contributed by atoms with van der Waals surface area (Å²) in [5.74, 6) is 1.50. The van der Waals surface area contributed by atoms with Gasteiger partial charge in [-0.1, -0.05) is 42.5 Å². The van der Waals surface area contributed by atoms with Gasteiger partial charge in [0, 0.05) is 23.1 Å². The van der Waals surface area contributed by atoms with Crippen molar-refractivity contribution in [3.05, 3.63) is 101 Å². The maximum absolute atomic E-state index is 12.7. The third kappa shape index (κ3) is 4.02. The van der Waals surface area contributed by atoms with E-state index in [9.17, 15) is 4.79 Å². The van der Waals surface area contributed by atoms with Gasteiger partial charge >= 0.3 is 0 Å². The molecule has 1 aliphatic carbocycles. The number of carbonyl (C=O) groups excluding carboxylic acids is 1. The number of nitrogens with one attached hydrogen (secondary N) is 2. The van der Waals surface area contributed by atoms with Gasteiger partial charge in [0.25, 0.3) is 5.91 Å². The minimum Gasteiger partial charge on any atom is -0.496 e. The summed E-state index contributed by atoms with van der Waals surface area (Å²) < 4.78 is 5.35. The quantitative estimate of drug-likeness (QED) is 0.443. The summed E-state index contributed by atoms with van der Waals surface area (Å²) in [6, 6.07) is 26.2. The van der Waals surface area contributed by atoms with Crippen molar-refractivity contribution in [1.82, 2.24) is 10.3 Å². The molecular weight excluding hydrogens is 398 g/mol. The maximum Gasteiger partial charge on any atom is 0.251 e. The molecule has 1 atom stereocenters. The van der Waals surface area contributed by atoms with Gasteiger partial charge < -0.3 is 15.4 Å². The van der Waals surface area contributed by atoms with Crippen LogP contribution in [0.15, 0.2) is 78.9 Å². The van der Waals surface area contributed by atoms with Crippen LogP contribution < -0.4 is 15.4 Å². The van der Waals surface area contributed by atoms with Crippen molar-refractivity contribution in [2.24, 2.45) is 0 Å². The van der Waals surface area contributed by atoms with Crippen molar-refractivity contribution in [2.75, 3.05) is 12.4 Å². The number of carbonyl (C=O) groups is 1. The summed E-state index contributed by atoms with van der Waals surface area (Å²) in [7, 11) is 1.63. The Morgan fingerprint density at radius 1 is 1.03 bits per heavy atom. The van der Waals surface area contributed by atoms with Gasteiger partial charge in [0.1, 0.15) is 11.6 Å². The first kappa shape index (κ1) is 20.1. The second-order valence-corrected chi connectivity index (χ2v) is 8.03. The second kappa shape index (κ2) is 8.71. The lowest BCUT2D eigenvalue weighted by Crippen LogP contribution is -2.23. The van der Waals surface area contributed by atoms with Gasteiger partial charge in [-0.25, -0.2) is 4.98 Å². The Bertz CT molecular complexity index is 1280. The number of benzene rings is 3. The summed E-state index contributed by atoms with van der Waals surface area (Å²) in [5, 5.41) is 7.48. The smallest absolute Gasteiger partial charge is 0.251 e. The number of methoxy groups -OCH3 is 1. The van der Waals surface area contributed by atoms with Crippen LogP contribution in [0.3, 0.4) is 0 Å². The lowest BCUT2D eigenvalue weighted by atomic mass is 10.1. The fourth-order valence-corrected chi connectivity index (χ4v) is 4.36. The standard InChI is InChI=1S/C27H25N3O2/c1-32-25-9-5-3-7-21(25)17-28-27(31)20-11-13-23-19(16-20)12-15-26(29-23)30-24-14-10-18-6-2-4-8-22(18)24/h2-9,11-13,15-16,24H,10,14,17H2,1H3,(H,28,31)(H,29,30)/t24-/m1/s1. The Labute approximate surface area is 187 Å². The number of fused-ring (bicyclic) bond motifs is 2. The van der Waals surface area contributed by atoms with E-state index in [1.807, 2.05) is 54.6 Å². The summed E-state index contributed by atoms with van der Waals surface area (Å²) in [5.41, 5.74) is 5.18. The number of para-hydroxylation sites is 1. The lowest BCUT2D eigenvalue weighted by Gasteiger charge is -2.15. The third-order valence-electron chi connectivity index (χ3n) is 6.04. The van der Waals surface area contributed by atoms with Crippen LogP contribution in [0.2, 0.25) is 0 Å². The first-order valence-corrected chi connectivity index (χ1v) is 10.9. The second-order valence-electron chi connectivity index (χ2n) is 8.03. The van der Waals surface area contributed by atoms with Crippen LogP contribution in [0, 0.1) is 0 Å².